The van der Waals surface area contributed by atoms with Gasteiger partial charge in [0, 0.05) is 22.6 Å². The molecule has 0 radical (unpaired) electrons. The van der Waals surface area contributed by atoms with Gasteiger partial charge in [0.05, 0.1) is 14.2 Å². The average Bonchev–Trinajstić information content (AvgIpc) is 3.24. The van der Waals surface area contributed by atoms with Gasteiger partial charge in [0.1, 0.15) is 12.4 Å². The van der Waals surface area contributed by atoms with Gasteiger partial charge >= 0.3 is 0 Å². The molecule has 0 spiro atoms. The second kappa shape index (κ2) is 5.88. The smallest absolute Gasteiger partial charge is 0.231 e. The highest BCUT2D eigenvalue weighted by atomic mass is 16.7. The van der Waals surface area contributed by atoms with E-state index in [9.17, 15) is 4.79 Å². The number of hydrogen-bond donors (Lipinski definition) is 0. The second-order valence-electron chi connectivity index (χ2n) is 6.04. The molecular weight excluding hydrogens is 324 g/mol. The van der Waals surface area contributed by atoms with Gasteiger partial charge in [-0.05, 0) is 24.3 Å². The number of carbonyl (C=O) groups excluding carboxylic acids is 1. The van der Waals surface area contributed by atoms with Crippen LogP contribution in [0.3, 0.4) is 0 Å². The number of fused-ring (bicyclic) bond motifs is 2. The lowest BCUT2D eigenvalue weighted by molar-refractivity contribution is 0.112. The average molecular weight is 342 g/mol. The molecule has 0 aromatic heterocycles. The Morgan fingerprint density at radius 3 is 2.52 bits per heavy atom. The maximum absolute atomic E-state index is 11.2. The summed E-state index contributed by atoms with van der Waals surface area (Å²) in [7, 11) is 3.16. The van der Waals surface area contributed by atoms with Crippen LogP contribution in [0, 0.1) is 0 Å². The summed E-state index contributed by atoms with van der Waals surface area (Å²) in [6.45, 7) is 2.23. The monoisotopic (exact) mass is 342 g/mol. The maximum atomic E-state index is 11.2. The fraction of sp³-hybridized carbons (Fsp3) is 0.316. The van der Waals surface area contributed by atoms with Crippen LogP contribution in [0.2, 0.25) is 0 Å². The van der Waals surface area contributed by atoms with E-state index in [1.165, 1.54) is 0 Å². The van der Waals surface area contributed by atoms with Crippen LogP contribution in [0.15, 0.2) is 24.3 Å². The zero-order chi connectivity index (χ0) is 17.6. The fourth-order valence-corrected chi connectivity index (χ4v) is 3.39. The van der Waals surface area contributed by atoms with E-state index < -0.39 is 0 Å². The fourth-order valence-electron chi connectivity index (χ4n) is 3.39. The Morgan fingerprint density at radius 2 is 1.80 bits per heavy atom. The predicted octanol–water partition coefficient (Wildman–Crippen LogP) is 3.48. The van der Waals surface area contributed by atoms with Gasteiger partial charge in [-0.2, -0.15) is 0 Å². The number of carbonyl (C=O) groups is 1. The van der Waals surface area contributed by atoms with Gasteiger partial charge in [0.15, 0.2) is 23.0 Å². The molecule has 0 saturated heterocycles. The summed E-state index contributed by atoms with van der Waals surface area (Å²) in [4.78, 5) is 11.2. The molecular formula is C19H18O6. The minimum atomic E-state index is -0.241. The Hall–Kier alpha value is -2.89. The molecule has 2 aliphatic heterocycles. The predicted molar refractivity (Wildman–Crippen MR) is 89.3 cm³/mol. The first-order chi connectivity index (χ1) is 12.2. The van der Waals surface area contributed by atoms with Gasteiger partial charge in [0.25, 0.3) is 0 Å². The van der Waals surface area contributed by atoms with E-state index in [-0.39, 0.29) is 18.8 Å². The molecule has 0 N–H and O–H groups in total. The van der Waals surface area contributed by atoms with Crippen LogP contribution in [-0.2, 0) is 0 Å². The summed E-state index contributed by atoms with van der Waals surface area (Å²) < 4.78 is 28.0. The van der Waals surface area contributed by atoms with Gasteiger partial charge in [0.2, 0.25) is 12.5 Å². The molecule has 0 saturated carbocycles. The van der Waals surface area contributed by atoms with Crippen molar-refractivity contribution >= 4 is 6.29 Å². The summed E-state index contributed by atoms with van der Waals surface area (Å²) in [6.07, 6.45) is 0.570. The SMILES string of the molecule is COc1cc([C@H]2Oc3c(OC)cc(C=O)cc3[C@@H]2C)cc2c1OCO2. The zero-order valence-corrected chi connectivity index (χ0v) is 14.2. The summed E-state index contributed by atoms with van der Waals surface area (Å²) in [5.41, 5.74) is 2.43. The van der Waals surface area contributed by atoms with Crippen LogP contribution >= 0.6 is 0 Å². The molecule has 2 heterocycles. The third kappa shape index (κ3) is 2.36. The first-order valence-electron chi connectivity index (χ1n) is 7.97. The van der Waals surface area contributed by atoms with Crippen molar-refractivity contribution in [3.05, 3.63) is 41.0 Å². The number of methoxy groups -OCH3 is 2. The van der Waals surface area contributed by atoms with Crippen LogP contribution in [0.1, 0.15) is 40.4 Å². The Bertz CT molecular complexity index is 844. The van der Waals surface area contributed by atoms with E-state index in [2.05, 4.69) is 6.92 Å². The molecule has 2 aromatic rings. The van der Waals surface area contributed by atoms with Crippen LogP contribution < -0.4 is 23.7 Å². The van der Waals surface area contributed by atoms with Crippen molar-refractivity contribution in [3.8, 4) is 28.7 Å². The molecule has 0 unspecified atom stereocenters. The molecule has 0 aliphatic carbocycles. The number of hydrogen-bond acceptors (Lipinski definition) is 6. The first kappa shape index (κ1) is 15.6. The van der Waals surface area contributed by atoms with Crippen molar-refractivity contribution in [2.75, 3.05) is 21.0 Å². The van der Waals surface area contributed by atoms with Crippen LogP contribution in [-0.4, -0.2) is 27.3 Å². The lowest BCUT2D eigenvalue weighted by atomic mass is 9.91. The number of benzene rings is 2. The van der Waals surface area contributed by atoms with Crippen LogP contribution in [0.25, 0.3) is 0 Å². The normalized spacial score (nSPS) is 20.0. The molecule has 130 valence electrons. The highest BCUT2D eigenvalue weighted by Crippen LogP contribution is 2.52. The Morgan fingerprint density at radius 1 is 1.04 bits per heavy atom. The van der Waals surface area contributed by atoms with Gasteiger partial charge in [-0.15, -0.1) is 0 Å². The standard InChI is InChI=1S/C19H18O6/c1-10-13-4-11(8-20)5-14(21-2)18(13)25-17(10)12-6-15(22-3)19-16(7-12)23-9-24-19/h4-8,10,17H,9H2,1-3H3/t10-,17-/m0/s1. The number of aldehydes is 1. The summed E-state index contributed by atoms with van der Waals surface area (Å²) in [6, 6.07) is 7.33. The second-order valence-corrected chi connectivity index (χ2v) is 6.04. The minimum absolute atomic E-state index is 0.0360. The van der Waals surface area contributed by atoms with Gasteiger partial charge in [-0.1, -0.05) is 6.92 Å². The van der Waals surface area contributed by atoms with E-state index in [4.69, 9.17) is 23.7 Å². The molecule has 6 nitrogen and oxygen atoms in total. The topological polar surface area (TPSA) is 63.2 Å². The van der Waals surface area contributed by atoms with E-state index in [1.54, 1.807) is 20.3 Å². The molecule has 4 rings (SSSR count). The first-order valence-corrected chi connectivity index (χ1v) is 7.97. The van der Waals surface area contributed by atoms with Gasteiger partial charge in [-0.3, -0.25) is 4.79 Å². The number of ether oxygens (including phenoxy) is 5. The van der Waals surface area contributed by atoms with Crippen molar-refractivity contribution in [3.63, 3.8) is 0 Å². The lowest BCUT2D eigenvalue weighted by Crippen LogP contribution is -2.07. The third-order valence-electron chi connectivity index (χ3n) is 4.66. The van der Waals surface area contributed by atoms with Gasteiger partial charge in [-0.25, -0.2) is 0 Å². The Labute approximate surface area is 145 Å². The van der Waals surface area contributed by atoms with Crippen molar-refractivity contribution in [2.24, 2.45) is 0 Å². The summed E-state index contributed by atoms with van der Waals surface area (Å²) in [5, 5.41) is 0. The zero-order valence-electron chi connectivity index (χ0n) is 14.2. The Balaban J connectivity index is 1.77. The summed E-state index contributed by atoms with van der Waals surface area (Å²) in [5.74, 6) is 3.12. The van der Waals surface area contributed by atoms with E-state index in [0.717, 1.165) is 17.4 Å². The quantitative estimate of drug-likeness (QED) is 0.793. The maximum Gasteiger partial charge on any atom is 0.231 e. The van der Waals surface area contributed by atoms with Crippen molar-refractivity contribution in [1.29, 1.82) is 0 Å². The molecule has 25 heavy (non-hydrogen) atoms. The molecule has 6 heteroatoms. The molecule has 2 aliphatic rings. The lowest BCUT2D eigenvalue weighted by Gasteiger charge is -2.17. The Kier molecular flexibility index (Phi) is 3.67. The molecule has 0 bridgehead atoms. The summed E-state index contributed by atoms with van der Waals surface area (Å²) >= 11 is 0. The minimum Gasteiger partial charge on any atom is -0.493 e. The largest absolute Gasteiger partial charge is 0.493 e. The molecule has 2 atom stereocenters. The molecule has 0 amide bonds. The van der Waals surface area contributed by atoms with Gasteiger partial charge < -0.3 is 23.7 Å². The highest BCUT2D eigenvalue weighted by molar-refractivity contribution is 5.78. The third-order valence-corrected chi connectivity index (χ3v) is 4.66. The van der Waals surface area contributed by atoms with Crippen molar-refractivity contribution in [1.82, 2.24) is 0 Å². The van der Waals surface area contributed by atoms with E-state index in [0.29, 0.717) is 34.3 Å². The van der Waals surface area contributed by atoms with Crippen molar-refractivity contribution < 1.29 is 28.5 Å². The highest BCUT2D eigenvalue weighted by Gasteiger charge is 2.36. The number of rotatable bonds is 4. The van der Waals surface area contributed by atoms with E-state index >= 15 is 0 Å². The van der Waals surface area contributed by atoms with E-state index in [1.807, 2.05) is 18.2 Å². The van der Waals surface area contributed by atoms with Crippen LogP contribution in [0.4, 0.5) is 0 Å². The van der Waals surface area contributed by atoms with Crippen molar-refractivity contribution in [2.45, 2.75) is 18.9 Å². The molecule has 0 fully saturated rings. The van der Waals surface area contributed by atoms with Crippen LogP contribution in [0.5, 0.6) is 28.7 Å². The molecule has 2 aromatic carbocycles.